The molecule has 0 saturated carbocycles. The Morgan fingerprint density at radius 1 is 1.13 bits per heavy atom. The van der Waals surface area contributed by atoms with Gasteiger partial charge in [-0.15, -0.1) is 0 Å². The molecule has 0 aliphatic carbocycles. The zero-order chi connectivity index (χ0) is 21.8. The number of rotatable bonds is 7. The van der Waals surface area contributed by atoms with E-state index in [4.69, 9.17) is 11.6 Å². The monoisotopic (exact) mass is 438 g/mol. The first-order chi connectivity index (χ1) is 15.0. The summed E-state index contributed by atoms with van der Waals surface area (Å²) in [7, 11) is 0. The van der Waals surface area contributed by atoms with Crippen molar-refractivity contribution in [2.75, 3.05) is 23.3 Å². The van der Waals surface area contributed by atoms with Crippen LogP contribution in [0.3, 0.4) is 0 Å². The predicted octanol–water partition coefficient (Wildman–Crippen LogP) is 4.96. The van der Waals surface area contributed by atoms with Gasteiger partial charge in [0, 0.05) is 40.4 Å². The third-order valence-electron chi connectivity index (χ3n) is 5.61. The van der Waals surface area contributed by atoms with E-state index in [0.29, 0.717) is 17.1 Å². The molecule has 162 valence electrons. The number of anilines is 2. The van der Waals surface area contributed by atoms with Crippen LogP contribution in [0.25, 0.3) is 10.9 Å². The van der Waals surface area contributed by atoms with Gasteiger partial charge in [0.1, 0.15) is 11.7 Å². The molecular weight excluding hydrogens is 412 g/mol. The molecule has 31 heavy (non-hydrogen) atoms. The summed E-state index contributed by atoms with van der Waals surface area (Å²) in [6.07, 6.45) is 3.71. The molecule has 4 rings (SSSR count). The first-order valence-electron chi connectivity index (χ1n) is 10.8. The van der Waals surface area contributed by atoms with Crippen LogP contribution in [0.5, 0.6) is 0 Å². The topological polar surface area (TPSA) is 77.2 Å². The fraction of sp³-hybridized carbons (Fsp3) is 0.333. The van der Waals surface area contributed by atoms with E-state index in [1.54, 1.807) is 18.2 Å². The molecule has 3 N–H and O–H groups in total. The van der Waals surface area contributed by atoms with Crippen LogP contribution in [0.4, 0.5) is 11.4 Å². The van der Waals surface area contributed by atoms with Gasteiger partial charge in [-0.3, -0.25) is 9.59 Å². The van der Waals surface area contributed by atoms with Crippen molar-refractivity contribution in [3.8, 4) is 0 Å². The molecule has 1 aliphatic heterocycles. The van der Waals surface area contributed by atoms with Gasteiger partial charge in [-0.05, 0) is 55.7 Å². The molecule has 1 aliphatic rings. The number of aromatic nitrogens is 1. The minimum atomic E-state index is -0.622. The highest BCUT2D eigenvalue weighted by molar-refractivity contribution is 6.31. The highest BCUT2D eigenvalue weighted by Gasteiger charge is 2.22. The van der Waals surface area contributed by atoms with Crippen molar-refractivity contribution in [3.63, 3.8) is 0 Å². The number of nitrogens with zero attached hydrogens (tertiary/aromatic N) is 1. The van der Waals surface area contributed by atoms with Crippen LogP contribution >= 0.6 is 11.6 Å². The summed E-state index contributed by atoms with van der Waals surface area (Å²) in [5.41, 5.74) is 3.04. The van der Waals surface area contributed by atoms with Crippen LogP contribution in [-0.4, -0.2) is 35.9 Å². The molecule has 3 aromatic rings. The van der Waals surface area contributed by atoms with Gasteiger partial charge >= 0.3 is 0 Å². The number of benzene rings is 2. The van der Waals surface area contributed by atoms with Gasteiger partial charge < -0.3 is 20.5 Å². The summed E-state index contributed by atoms with van der Waals surface area (Å²) < 4.78 is 0. The number of aromatic amines is 1. The quantitative estimate of drug-likeness (QED) is 0.488. The molecular formula is C24H27ClN4O2. The van der Waals surface area contributed by atoms with Crippen LogP contribution in [0, 0.1) is 0 Å². The van der Waals surface area contributed by atoms with E-state index in [-0.39, 0.29) is 11.8 Å². The second-order valence-corrected chi connectivity index (χ2v) is 8.40. The fourth-order valence-electron chi connectivity index (χ4n) is 4.00. The van der Waals surface area contributed by atoms with Crippen LogP contribution in [0.1, 0.15) is 43.1 Å². The number of hydrogen-bond donors (Lipinski definition) is 3. The largest absolute Gasteiger partial charge is 0.371 e. The second-order valence-electron chi connectivity index (χ2n) is 7.96. The summed E-state index contributed by atoms with van der Waals surface area (Å²) in [6, 6.07) is 14.4. The standard InChI is InChI=1S/C24H27ClN4O2/c1-2-6-20(28-24(31)22-13-16-9-10-17(25)14-21(16)27-22)23(30)26-18-7-5-8-19(15-18)29-11-3-4-12-29/h5,7-10,13-15,20,27H,2-4,6,11-12H2,1H3,(H,26,30)(H,28,31). The third kappa shape index (κ3) is 5.02. The number of halogens is 1. The van der Waals surface area contributed by atoms with E-state index in [1.807, 2.05) is 31.2 Å². The number of fused-ring (bicyclic) bond motifs is 1. The Labute approximate surface area is 187 Å². The predicted molar refractivity (Wildman–Crippen MR) is 126 cm³/mol. The van der Waals surface area contributed by atoms with Gasteiger partial charge in [0.05, 0.1) is 0 Å². The van der Waals surface area contributed by atoms with Gasteiger partial charge in [-0.25, -0.2) is 0 Å². The minimum absolute atomic E-state index is 0.215. The lowest BCUT2D eigenvalue weighted by atomic mass is 10.1. The van der Waals surface area contributed by atoms with Crippen LogP contribution < -0.4 is 15.5 Å². The first-order valence-corrected chi connectivity index (χ1v) is 11.2. The van der Waals surface area contributed by atoms with E-state index < -0.39 is 6.04 Å². The fourth-order valence-corrected chi connectivity index (χ4v) is 4.17. The Balaban J connectivity index is 1.45. The molecule has 7 heteroatoms. The molecule has 1 aromatic heterocycles. The SMILES string of the molecule is CCCC(NC(=O)c1cc2ccc(Cl)cc2[nH]1)C(=O)Nc1cccc(N2CCCC2)c1. The van der Waals surface area contributed by atoms with Gasteiger partial charge in [0.15, 0.2) is 0 Å². The molecule has 0 radical (unpaired) electrons. The molecule has 2 amide bonds. The van der Waals surface area contributed by atoms with Gasteiger partial charge in [0.2, 0.25) is 5.91 Å². The Bertz CT molecular complexity index is 1090. The van der Waals surface area contributed by atoms with Crippen molar-refractivity contribution < 1.29 is 9.59 Å². The van der Waals surface area contributed by atoms with Crippen molar-refractivity contribution in [1.29, 1.82) is 0 Å². The maximum absolute atomic E-state index is 13.0. The van der Waals surface area contributed by atoms with Gasteiger partial charge in [-0.1, -0.05) is 37.1 Å². The van der Waals surface area contributed by atoms with E-state index in [2.05, 4.69) is 26.6 Å². The Morgan fingerprint density at radius 2 is 1.94 bits per heavy atom. The third-order valence-corrected chi connectivity index (χ3v) is 5.85. The number of carbonyl (C=O) groups excluding carboxylic acids is 2. The van der Waals surface area contributed by atoms with Crippen LogP contribution in [0.2, 0.25) is 5.02 Å². The molecule has 1 unspecified atom stereocenters. The number of H-pyrrole nitrogens is 1. The molecule has 2 heterocycles. The average Bonchev–Trinajstić information content (AvgIpc) is 3.43. The second kappa shape index (κ2) is 9.43. The van der Waals surface area contributed by atoms with Crippen molar-refractivity contribution in [3.05, 3.63) is 59.2 Å². The van der Waals surface area contributed by atoms with Gasteiger partial charge in [0.25, 0.3) is 5.91 Å². The molecule has 1 fully saturated rings. The summed E-state index contributed by atoms with van der Waals surface area (Å²) in [5, 5.41) is 7.34. The van der Waals surface area contributed by atoms with Gasteiger partial charge in [-0.2, -0.15) is 0 Å². The van der Waals surface area contributed by atoms with E-state index >= 15 is 0 Å². The molecule has 0 spiro atoms. The van der Waals surface area contributed by atoms with Crippen molar-refractivity contribution in [2.24, 2.45) is 0 Å². The zero-order valence-electron chi connectivity index (χ0n) is 17.6. The maximum atomic E-state index is 13.0. The van der Waals surface area contributed by atoms with Crippen molar-refractivity contribution >= 4 is 45.7 Å². The van der Waals surface area contributed by atoms with Crippen molar-refractivity contribution in [1.82, 2.24) is 10.3 Å². The van der Waals surface area contributed by atoms with Crippen LogP contribution in [0.15, 0.2) is 48.5 Å². The number of carbonyl (C=O) groups is 2. The van der Waals surface area contributed by atoms with E-state index in [1.165, 1.54) is 12.8 Å². The highest BCUT2D eigenvalue weighted by Crippen LogP contribution is 2.24. The molecule has 6 nitrogen and oxygen atoms in total. The Kier molecular flexibility index (Phi) is 6.47. The molecule has 0 bridgehead atoms. The molecule has 2 aromatic carbocycles. The summed E-state index contributed by atoms with van der Waals surface area (Å²) >= 11 is 6.03. The van der Waals surface area contributed by atoms with Crippen LogP contribution in [-0.2, 0) is 4.79 Å². The number of hydrogen-bond acceptors (Lipinski definition) is 3. The summed E-state index contributed by atoms with van der Waals surface area (Å²) in [5.74, 6) is -0.528. The lowest BCUT2D eigenvalue weighted by molar-refractivity contribution is -0.118. The Hall–Kier alpha value is -2.99. The molecule has 1 saturated heterocycles. The normalized spacial score (nSPS) is 14.6. The zero-order valence-corrected chi connectivity index (χ0v) is 18.3. The average molecular weight is 439 g/mol. The lowest BCUT2D eigenvalue weighted by Gasteiger charge is -2.20. The van der Waals surface area contributed by atoms with Crippen molar-refractivity contribution in [2.45, 2.75) is 38.6 Å². The Morgan fingerprint density at radius 3 is 2.71 bits per heavy atom. The first kappa shape index (κ1) is 21.2. The highest BCUT2D eigenvalue weighted by atomic mass is 35.5. The summed E-state index contributed by atoms with van der Waals surface area (Å²) in [4.78, 5) is 31.2. The summed E-state index contributed by atoms with van der Waals surface area (Å²) in [6.45, 7) is 4.08. The van der Waals surface area contributed by atoms with E-state index in [0.717, 1.165) is 41.8 Å². The smallest absolute Gasteiger partial charge is 0.268 e. The lowest BCUT2D eigenvalue weighted by Crippen LogP contribution is -2.43. The van der Waals surface area contributed by atoms with E-state index in [9.17, 15) is 9.59 Å². The number of nitrogens with one attached hydrogen (secondary N) is 3. The maximum Gasteiger partial charge on any atom is 0.268 e. The minimum Gasteiger partial charge on any atom is -0.371 e. The number of amides is 2. The molecule has 1 atom stereocenters.